The molecule has 0 saturated carbocycles. The van der Waals surface area contributed by atoms with Crippen molar-refractivity contribution in [2.24, 2.45) is 0 Å². The summed E-state index contributed by atoms with van der Waals surface area (Å²) in [5, 5.41) is 0. The van der Waals surface area contributed by atoms with Gasteiger partial charge >= 0.3 is 5.97 Å². The highest BCUT2D eigenvalue weighted by atomic mass is 16.6. The Morgan fingerprint density at radius 3 is 2.57 bits per heavy atom. The molecule has 120 valence electrons. The van der Waals surface area contributed by atoms with E-state index in [1.54, 1.807) is 18.2 Å². The Morgan fingerprint density at radius 1 is 1.04 bits per heavy atom. The third kappa shape index (κ3) is 4.25. The summed E-state index contributed by atoms with van der Waals surface area (Å²) in [6.45, 7) is 3.13. The quantitative estimate of drug-likeness (QED) is 0.624. The molecule has 1 aliphatic rings. The smallest absolute Gasteiger partial charge is 0.311 e. The van der Waals surface area contributed by atoms with Gasteiger partial charge in [-0.25, -0.2) is 0 Å². The molecule has 0 atom stereocenters. The van der Waals surface area contributed by atoms with Crippen LogP contribution in [0.15, 0.2) is 42.5 Å². The van der Waals surface area contributed by atoms with Gasteiger partial charge in [0.15, 0.2) is 11.5 Å². The van der Waals surface area contributed by atoms with E-state index in [1.165, 1.54) is 11.1 Å². The minimum absolute atomic E-state index is 0.228. The van der Waals surface area contributed by atoms with Crippen molar-refractivity contribution in [1.82, 2.24) is 0 Å². The number of aryl methyl sites for hydroxylation is 2. The van der Waals surface area contributed by atoms with E-state index in [2.05, 4.69) is 31.2 Å². The molecular formula is C19H20O4. The monoisotopic (exact) mass is 312 g/mol. The largest absolute Gasteiger partial charge is 0.486 e. The number of benzene rings is 2. The van der Waals surface area contributed by atoms with E-state index >= 15 is 0 Å². The highest BCUT2D eigenvalue weighted by Crippen LogP contribution is 2.33. The molecule has 0 spiro atoms. The van der Waals surface area contributed by atoms with Gasteiger partial charge in [0.25, 0.3) is 0 Å². The molecule has 1 aliphatic heterocycles. The Balaban J connectivity index is 1.48. The van der Waals surface area contributed by atoms with Crippen LogP contribution in [0.4, 0.5) is 0 Å². The molecule has 1 heterocycles. The number of rotatable bonds is 5. The third-order valence-electron chi connectivity index (χ3n) is 3.71. The number of carbonyl (C=O) groups excluding carboxylic acids is 1. The maximum absolute atomic E-state index is 11.9. The van der Waals surface area contributed by atoms with Crippen molar-refractivity contribution >= 4 is 5.97 Å². The van der Waals surface area contributed by atoms with Crippen molar-refractivity contribution in [2.75, 3.05) is 13.2 Å². The molecule has 0 radical (unpaired) electrons. The van der Waals surface area contributed by atoms with E-state index in [1.807, 2.05) is 0 Å². The molecule has 4 nitrogen and oxygen atoms in total. The van der Waals surface area contributed by atoms with Gasteiger partial charge in [0.1, 0.15) is 19.0 Å². The molecule has 0 fully saturated rings. The van der Waals surface area contributed by atoms with E-state index in [0.717, 1.165) is 12.8 Å². The predicted octanol–water partition coefficient (Wildman–Crippen LogP) is 3.69. The first-order chi connectivity index (χ1) is 11.2. The summed E-state index contributed by atoms with van der Waals surface area (Å²) in [6.07, 6.45) is 2.03. The van der Waals surface area contributed by atoms with Gasteiger partial charge in [0.05, 0.1) is 0 Å². The molecule has 2 aromatic carbocycles. The Labute approximate surface area is 136 Å². The van der Waals surface area contributed by atoms with Crippen LogP contribution in [-0.4, -0.2) is 19.2 Å². The van der Waals surface area contributed by atoms with Gasteiger partial charge in [-0.3, -0.25) is 4.79 Å². The molecule has 0 amide bonds. The SMILES string of the molecule is Cc1ccc(CCCC(=O)Oc2ccc3c(c2)OCCO3)cc1. The summed E-state index contributed by atoms with van der Waals surface area (Å²) in [7, 11) is 0. The van der Waals surface area contributed by atoms with Crippen molar-refractivity contribution in [2.45, 2.75) is 26.2 Å². The van der Waals surface area contributed by atoms with E-state index in [9.17, 15) is 4.79 Å². The van der Waals surface area contributed by atoms with Gasteiger partial charge in [-0.1, -0.05) is 29.8 Å². The second-order valence-corrected chi connectivity index (χ2v) is 5.62. The number of carbonyl (C=O) groups is 1. The fourth-order valence-corrected chi connectivity index (χ4v) is 2.46. The number of hydrogen-bond acceptors (Lipinski definition) is 4. The second kappa shape index (κ2) is 7.18. The van der Waals surface area contributed by atoms with Crippen LogP contribution in [0.25, 0.3) is 0 Å². The minimum Gasteiger partial charge on any atom is -0.486 e. The zero-order valence-electron chi connectivity index (χ0n) is 13.2. The van der Waals surface area contributed by atoms with Crippen molar-refractivity contribution in [1.29, 1.82) is 0 Å². The molecule has 0 N–H and O–H groups in total. The van der Waals surface area contributed by atoms with Crippen LogP contribution in [0.2, 0.25) is 0 Å². The van der Waals surface area contributed by atoms with Crippen molar-refractivity contribution < 1.29 is 19.0 Å². The topological polar surface area (TPSA) is 44.8 Å². The van der Waals surface area contributed by atoms with Crippen molar-refractivity contribution in [3.63, 3.8) is 0 Å². The molecule has 2 aromatic rings. The first-order valence-corrected chi connectivity index (χ1v) is 7.86. The number of esters is 1. The zero-order chi connectivity index (χ0) is 16.1. The molecule has 0 aliphatic carbocycles. The van der Waals surface area contributed by atoms with Crippen molar-refractivity contribution in [3.05, 3.63) is 53.6 Å². The molecular weight excluding hydrogens is 292 g/mol. The molecule has 0 unspecified atom stereocenters. The van der Waals surface area contributed by atoms with Gasteiger partial charge in [0.2, 0.25) is 0 Å². The van der Waals surface area contributed by atoms with Crippen LogP contribution in [0.5, 0.6) is 17.2 Å². The molecule has 0 aromatic heterocycles. The number of ether oxygens (including phenoxy) is 3. The summed E-state index contributed by atoms with van der Waals surface area (Å²) in [4.78, 5) is 11.9. The highest BCUT2D eigenvalue weighted by molar-refractivity contribution is 5.72. The third-order valence-corrected chi connectivity index (χ3v) is 3.71. The van der Waals surface area contributed by atoms with Gasteiger partial charge in [-0.2, -0.15) is 0 Å². The minimum atomic E-state index is -0.228. The average Bonchev–Trinajstić information content (AvgIpc) is 2.56. The van der Waals surface area contributed by atoms with Gasteiger partial charge in [0, 0.05) is 12.5 Å². The summed E-state index contributed by atoms with van der Waals surface area (Å²) in [6, 6.07) is 13.6. The van der Waals surface area contributed by atoms with Crippen LogP contribution in [-0.2, 0) is 11.2 Å². The van der Waals surface area contributed by atoms with E-state index in [-0.39, 0.29) is 5.97 Å². The lowest BCUT2D eigenvalue weighted by Gasteiger charge is -2.18. The Hall–Kier alpha value is -2.49. The average molecular weight is 312 g/mol. The lowest BCUT2D eigenvalue weighted by molar-refractivity contribution is -0.134. The maximum Gasteiger partial charge on any atom is 0.311 e. The van der Waals surface area contributed by atoms with Crippen LogP contribution < -0.4 is 14.2 Å². The second-order valence-electron chi connectivity index (χ2n) is 5.62. The first-order valence-electron chi connectivity index (χ1n) is 7.86. The molecule has 0 saturated heterocycles. The molecule has 23 heavy (non-hydrogen) atoms. The fourth-order valence-electron chi connectivity index (χ4n) is 2.46. The van der Waals surface area contributed by atoms with E-state index in [4.69, 9.17) is 14.2 Å². The standard InChI is InChI=1S/C19H20O4/c1-14-5-7-15(8-6-14)3-2-4-19(20)23-16-9-10-17-18(13-16)22-12-11-21-17/h5-10,13H,2-4,11-12H2,1H3. The first kappa shape index (κ1) is 15.4. The van der Waals surface area contributed by atoms with E-state index < -0.39 is 0 Å². The lowest BCUT2D eigenvalue weighted by Crippen LogP contribution is -2.15. The molecule has 3 rings (SSSR count). The highest BCUT2D eigenvalue weighted by Gasteiger charge is 2.13. The van der Waals surface area contributed by atoms with Gasteiger partial charge < -0.3 is 14.2 Å². The van der Waals surface area contributed by atoms with Gasteiger partial charge in [-0.15, -0.1) is 0 Å². The zero-order valence-corrected chi connectivity index (χ0v) is 13.2. The number of hydrogen-bond donors (Lipinski definition) is 0. The van der Waals surface area contributed by atoms with E-state index in [0.29, 0.717) is 36.9 Å². The summed E-state index contributed by atoms with van der Waals surface area (Å²) in [5.74, 6) is 1.58. The molecule has 0 bridgehead atoms. The normalized spacial score (nSPS) is 12.7. The summed E-state index contributed by atoms with van der Waals surface area (Å²) >= 11 is 0. The van der Waals surface area contributed by atoms with Crippen LogP contribution in [0.1, 0.15) is 24.0 Å². The number of fused-ring (bicyclic) bond motifs is 1. The van der Waals surface area contributed by atoms with Crippen molar-refractivity contribution in [3.8, 4) is 17.2 Å². The summed E-state index contributed by atoms with van der Waals surface area (Å²) in [5.41, 5.74) is 2.48. The predicted molar refractivity (Wildman–Crippen MR) is 87.2 cm³/mol. The van der Waals surface area contributed by atoms with Crippen LogP contribution in [0, 0.1) is 6.92 Å². The molecule has 4 heteroatoms. The Bertz CT molecular complexity index is 676. The summed E-state index contributed by atoms with van der Waals surface area (Å²) < 4.78 is 16.3. The van der Waals surface area contributed by atoms with Crippen LogP contribution in [0.3, 0.4) is 0 Å². The van der Waals surface area contributed by atoms with Crippen LogP contribution >= 0.6 is 0 Å². The lowest BCUT2D eigenvalue weighted by atomic mass is 10.1. The van der Waals surface area contributed by atoms with Gasteiger partial charge in [-0.05, 0) is 37.5 Å². The maximum atomic E-state index is 11.9. The Kier molecular flexibility index (Phi) is 4.81. The Morgan fingerprint density at radius 2 is 1.78 bits per heavy atom. The fraction of sp³-hybridized carbons (Fsp3) is 0.316.